The van der Waals surface area contributed by atoms with Gasteiger partial charge in [-0.25, -0.2) is 21.4 Å². The van der Waals surface area contributed by atoms with Crippen molar-refractivity contribution in [3.63, 3.8) is 0 Å². The van der Waals surface area contributed by atoms with E-state index in [0.717, 1.165) is 19.4 Å². The van der Waals surface area contributed by atoms with Crippen LogP contribution in [-0.4, -0.2) is 49.0 Å². The summed E-state index contributed by atoms with van der Waals surface area (Å²) in [6.07, 6.45) is 4.60. The molecule has 2 aromatic rings. The molecule has 1 atom stereocenters. The molecular formula is C23H29FN2O3S2. The van der Waals surface area contributed by atoms with Crippen LogP contribution in [0.2, 0.25) is 0 Å². The van der Waals surface area contributed by atoms with Gasteiger partial charge in [-0.05, 0) is 37.3 Å². The standard InChI is InChI=1S/C23H29FN2O3S2/c1-31(27,28)26-14-11-20(12-15-26)29-21-10-9-19(22(24)16-21)17-25-13-5-8-23(30-25)18-6-3-2-4-7-18/h2-4,6-7,9-10,16,20,23H,5,8,11-15,17H2,1H3. The molecule has 2 aliphatic rings. The third kappa shape index (κ3) is 6.00. The molecule has 31 heavy (non-hydrogen) atoms. The molecule has 0 spiro atoms. The van der Waals surface area contributed by atoms with E-state index in [0.29, 0.717) is 49.0 Å². The van der Waals surface area contributed by atoms with Crippen LogP contribution in [0.15, 0.2) is 48.5 Å². The first-order chi connectivity index (χ1) is 14.9. The van der Waals surface area contributed by atoms with Crippen LogP contribution in [0.3, 0.4) is 0 Å². The highest BCUT2D eigenvalue weighted by Crippen LogP contribution is 2.40. The Morgan fingerprint density at radius 1 is 1.06 bits per heavy atom. The lowest BCUT2D eigenvalue weighted by atomic mass is 10.1. The molecule has 2 aliphatic heterocycles. The Bertz CT molecular complexity index is 980. The highest BCUT2D eigenvalue weighted by atomic mass is 32.2. The van der Waals surface area contributed by atoms with Crippen LogP contribution in [0.4, 0.5) is 4.39 Å². The summed E-state index contributed by atoms with van der Waals surface area (Å²) >= 11 is 1.80. The topological polar surface area (TPSA) is 49.9 Å². The smallest absolute Gasteiger partial charge is 0.211 e. The molecule has 0 radical (unpaired) electrons. The van der Waals surface area contributed by atoms with Crippen LogP contribution < -0.4 is 4.74 Å². The zero-order chi connectivity index (χ0) is 21.8. The largest absolute Gasteiger partial charge is 0.490 e. The van der Waals surface area contributed by atoms with Crippen molar-refractivity contribution in [3.05, 3.63) is 65.5 Å². The lowest BCUT2D eigenvalue weighted by Crippen LogP contribution is -2.41. The van der Waals surface area contributed by atoms with E-state index in [-0.39, 0.29) is 11.9 Å². The Labute approximate surface area is 188 Å². The Morgan fingerprint density at radius 2 is 1.81 bits per heavy atom. The molecule has 8 heteroatoms. The number of hydrogen-bond donors (Lipinski definition) is 0. The maximum Gasteiger partial charge on any atom is 0.211 e. The Hall–Kier alpha value is -1.61. The van der Waals surface area contributed by atoms with E-state index in [1.165, 1.54) is 22.2 Å². The van der Waals surface area contributed by atoms with E-state index in [4.69, 9.17) is 4.74 Å². The van der Waals surface area contributed by atoms with E-state index in [2.05, 4.69) is 28.6 Å². The van der Waals surface area contributed by atoms with E-state index >= 15 is 0 Å². The van der Waals surface area contributed by atoms with E-state index in [1.54, 1.807) is 11.9 Å². The van der Waals surface area contributed by atoms with Crippen molar-refractivity contribution in [3.8, 4) is 5.75 Å². The van der Waals surface area contributed by atoms with Crippen molar-refractivity contribution < 1.29 is 17.5 Å². The maximum absolute atomic E-state index is 14.8. The number of rotatable bonds is 6. The third-order valence-corrected chi connectivity index (χ3v) is 8.54. The number of ether oxygens (including phenoxy) is 1. The van der Waals surface area contributed by atoms with Crippen LogP contribution in [0.25, 0.3) is 0 Å². The molecule has 1 unspecified atom stereocenters. The Kier molecular flexibility index (Phi) is 7.21. The average Bonchev–Trinajstić information content (AvgIpc) is 2.76. The summed E-state index contributed by atoms with van der Waals surface area (Å²) in [5.41, 5.74) is 1.99. The summed E-state index contributed by atoms with van der Waals surface area (Å²) in [4.78, 5) is 0. The molecule has 4 rings (SSSR count). The van der Waals surface area contributed by atoms with Gasteiger partial charge >= 0.3 is 0 Å². The summed E-state index contributed by atoms with van der Waals surface area (Å²) in [6, 6.07) is 15.6. The highest BCUT2D eigenvalue weighted by Gasteiger charge is 2.26. The summed E-state index contributed by atoms with van der Waals surface area (Å²) in [5.74, 6) is 0.251. The fourth-order valence-corrected chi connectivity index (χ4v) is 6.38. The van der Waals surface area contributed by atoms with Gasteiger partial charge in [0.05, 0.1) is 6.26 Å². The predicted octanol–water partition coefficient (Wildman–Crippen LogP) is 4.61. The van der Waals surface area contributed by atoms with Gasteiger partial charge in [0, 0.05) is 43.1 Å². The van der Waals surface area contributed by atoms with Crippen LogP contribution in [-0.2, 0) is 16.6 Å². The maximum atomic E-state index is 14.8. The van der Waals surface area contributed by atoms with Crippen LogP contribution >= 0.6 is 11.9 Å². The van der Waals surface area contributed by atoms with Gasteiger partial charge in [0.15, 0.2) is 0 Å². The van der Waals surface area contributed by atoms with Gasteiger partial charge in [-0.1, -0.05) is 48.3 Å². The summed E-state index contributed by atoms with van der Waals surface area (Å²) < 4.78 is 47.7. The number of benzene rings is 2. The minimum atomic E-state index is -3.16. The van der Waals surface area contributed by atoms with Crippen molar-refractivity contribution in [2.24, 2.45) is 0 Å². The highest BCUT2D eigenvalue weighted by molar-refractivity contribution is 7.97. The second-order valence-corrected chi connectivity index (χ2v) is 11.5. The van der Waals surface area contributed by atoms with E-state index in [9.17, 15) is 12.8 Å². The Balaban J connectivity index is 1.33. The predicted molar refractivity (Wildman–Crippen MR) is 123 cm³/mol. The summed E-state index contributed by atoms with van der Waals surface area (Å²) in [6.45, 7) is 2.40. The quantitative estimate of drug-likeness (QED) is 0.584. The van der Waals surface area contributed by atoms with Crippen molar-refractivity contribution in [1.29, 1.82) is 0 Å². The molecule has 0 bridgehead atoms. The molecule has 2 aromatic carbocycles. The number of sulfonamides is 1. The van der Waals surface area contributed by atoms with Crippen molar-refractivity contribution >= 4 is 22.0 Å². The second-order valence-electron chi connectivity index (χ2n) is 8.24. The number of piperidine rings is 1. The summed E-state index contributed by atoms with van der Waals surface area (Å²) in [7, 11) is -3.16. The zero-order valence-electron chi connectivity index (χ0n) is 17.7. The Morgan fingerprint density at radius 3 is 2.48 bits per heavy atom. The number of nitrogens with zero attached hydrogens (tertiary/aromatic N) is 2. The first-order valence-electron chi connectivity index (χ1n) is 10.8. The fraction of sp³-hybridized carbons (Fsp3) is 0.478. The second kappa shape index (κ2) is 9.90. The van der Waals surface area contributed by atoms with Crippen molar-refractivity contribution in [2.75, 3.05) is 25.9 Å². The first-order valence-corrected chi connectivity index (χ1v) is 13.4. The van der Waals surface area contributed by atoms with Gasteiger partial charge in [0.25, 0.3) is 0 Å². The normalized spacial score (nSPS) is 21.8. The fourth-order valence-electron chi connectivity index (χ4n) is 4.14. The van der Waals surface area contributed by atoms with Crippen LogP contribution in [0.1, 0.15) is 42.1 Å². The molecule has 0 aromatic heterocycles. The zero-order valence-corrected chi connectivity index (χ0v) is 19.4. The molecule has 0 N–H and O–H groups in total. The summed E-state index contributed by atoms with van der Waals surface area (Å²) in [5, 5.41) is 0.415. The molecular weight excluding hydrogens is 435 g/mol. The molecule has 2 heterocycles. The lowest BCUT2D eigenvalue weighted by molar-refractivity contribution is 0.135. The molecule has 0 aliphatic carbocycles. The first kappa shape index (κ1) is 22.6. The van der Waals surface area contributed by atoms with Gasteiger partial charge in [0.1, 0.15) is 17.7 Å². The monoisotopic (exact) mass is 464 g/mol. The van der Waals surface area contributed by atoms with Gasteiger partial charge < -0.3 is 4.74 Å². The van der Waals surface area contributed by atoms with Gasteiger partial charge in [-0.15, -0.1) is 0 Å². The van der Waals surface area contributed by atoms with Crippen molar-refractivity contribution in [1.82, 2.24) is 8.61 Å². The molecule has 168 valence electrons. The number of hydrogen-bond acceptors (Lipinski definition) is 5. The molecule has 0 amide bonds. The minimum Gasteiger partial charge on any atom is -0.490 e. The molecule has 5 nitrogen and oxygen atoms in total. The SMILES string of the molecule is CS(=O)(=O)N1CCC(Oc2ccc(CN3CCCC(c4ccccc4)S3)c(F)c2)CC1. The lowest BCUT2D eigenvalue weighted by Gasteiger charge is -2.32. The molecule has 2 saturated heterocycles. The van der Waals surface area contributed by atoms with Crippen LogP contribution in [0, 0.1) is 5.82 Å². The minimum absolute atomic E-state index is 0.0902. The average molecular weight is 465 g/mol. The van der Waals surface area contributed by atoms with Gasteiger partial charge in [0.2, 0.25) is 10.0 Å². The molecule has 0 saturated carbocycles. The van der Waals surface area contributed by atoms with Gasteiger partial charge in [-0.2, -0.15) is 0 Å². The molecule has 2 fully saturated rings. The van der Waals surface area contributed by atoms with Crippen molar-refractivity contribution in [2.45, 2.75) is 43.6 Å². The van der Waals surface area contributed by atoms with Crippen LogP contribution in [0.5, 0.6) is 5.75 Å². The van der Waals surface area contributed by atoms with Gasteiger partial charge in [-0.3, -0.25) is 0 Å². The van der Waals surface area contributed by atoms with E-state index < -0.39 is 10.0 Å². The number of halogens is 1. The van der Waals surface area contributed by atoms with E-state index in [1.807, 2.05) is 18.2 Å². The third-order valence-electron chi connectivity index (χ3n) is 5.87.